The first kappa shape index (κ1) is 14.3. The molecule has 2 rings (SSSR count). The van der Waals surface area contributed by atoms with Crippen molar-refractivity contribution in [3.05, 3.63) is 47.3 Å². The number of rotatable bonds is 5. The quantitative estimate of drug-likeness (QED) is 0.874. The third-order valence-corrected chi connectivity index (χ3v) is 2.93. The van der Waals surface area contributed by atoms with Crippen molar-refractivity contribution in [2.24, 2.45) is 0 Å². The van der Waals surface area contributed by atoms with Gasteiger partial charge in [0, 0.05) is 23.5 Å². The molecule has 0 aliphatic heterocycles. The van der Waals surface area contributed by atoms with Gasteiger partial charge in [-0.25, -0.2) is 9.97 Å². The fraction of sp³-hybridized carbons (Fsp3) is 0.333. The molecule has 1 unspecified atom stereocenters. The van der Waals surface area contributed by atoms with Crippen molar-refractivity contribution in [1.82, 2.24) is 9.97 Å². The number of ether oxygens (including phenoxy) is 1. The van der Waals surface area contributed by atoms with Crippen LogP contribution in [-0.4, -0.2) is 28.7 Å². The van der Waals surface area contributed by atoms with Crippen LogP contribution in [0, 0.1) is 13.8 Å². The predicted molar refractivity (Wildman–Crippen MR) is 77.9 cm³/mol. The third-order valence-electron chi connectivity index (χ3n) is 2.93. The molecule has 1 aromatic carbocycles. The number of hydrogen-bond donors (Lipinski definition) is 2. The van der Waals surface area contributed by atoms with Gasteiger partial charge in [-0.2, -0.15) is 0 Å². The molecule has 0 aliphatic carbocycles. The van der Waals surface area contributed by atoms with Crippen molar-refractivity contribution >= 4 is 5.95 Å². The maximum absolute atomic E-state index is 10.2. The van der Waals surface area contributed by atoms with Crippen LogP contribution in [0.15, 0.2) is 30.3 Å². The van der Waals surface area contributed by atoms with Crippen molar-refractivity contribution in [1.29, 1.82) is 0 Å². The molecule has 20 heavy (non-hydrogen) atoms. The van der Waals surface area contributed by atoms with E-state index in [9.17, 15) is 5.11 Å². The lowest BCUT2D eigenvalue weighted by Gasteiger charge is -2.15. The van der Waals surface area contributed by atoms with E-state index in [4.69, 9.17) is 4.74 Å². The molecule has 0 radical (unpaired) electrons. The van der Waals surface area contributed by atoms with Crippen molar-refractivity contribution in [2.45, 2.75) is 20.0 Å². The molecule has 0 amide bonds. The van der Waals surface area contributed by atoms with Gasteiger partial charge in [0.15, 0.2) is 0 Å². The van der Waals surface area contributed by atoms with E-state index in [1.54, 1.807) is 7.11 Å². The molecule has 106 valence electrons. The summed E-state index contributed by atoms with van der Waals surface area (Å²) in [4.78, 5) is 8.56. The van der Waals surface area contributed by atoms with E-state index in [1.807, 2.05) is 44.2 Å². The van der Waals surface area contributed by atoms with E-state index in [1.165, 1.54) is 0 Å². The summed E-state index contributed by atoms with van der Waals surface area (Å²) in [6, 6.07) is 9.31. The number of anilines is 1. The smallest absolute Gasteiger partial charge is 0.223 e. The van der Waals surface area contributed by atoms with Crippen LogP contribution in [0.2, 0.25) is 0 Å². The minimum Gasteiger partial charge on any atom is -0.496 e. The summed E-state index contributed by atoms with van der Waals surface area (Å²) in [7, 11) is 1.59. The molecule has 0 fully saturated rings. The maximum atomic E-state index is 10.2. The van der Waals surface area contributed by atoms with E-state index in [2.05, 4.69) is 15.3 Å². The average Bonchev–Trinajstić information content (AvgIpc) is 2.43. The summed E-state index contributed by atoms with van der Waals surface area (Å²) >= 11 is 0. The summed E-state index contributed by atoms with van der Waals surface area (Å²) in [6.07, 6.45) is -0.685. The van der Waals surface area contributed by atoms with Gasteiger partial charge in [-0.3, -0.25) is 0 Å². The normalized spacial score (nSPS) is 12.0. The number of aryl methyl sites for hydroxylation is 2. The highest BCUT2D eigenvalue weighted by Crippen LogP contribution is 2.24. The lowest BCUT2D eigenvalue weighted by Crippen LogP contribution is -2.15. The SMILES string of the molecule is COc1ccccc1C(O)CNc1nc(C)cc(C)n1. The monoisotopic (exact) mass is 273 g/mol. The Labute approximate surface area is 118 Å². The first-order valence-corrected chi connectivity index (χ1v) is 6.47. The minimum atomic E-state index is -0.685. The highest BCUT2D eigenvalue weighted by atomic mass is 16.5. The zero-order chi connectivity index (χ0) is 14.5. The molecule has 0 saturated carbocycles. The Morgan fingerprint density at radius 2 is 1.85 bits per heavy atom. The van der Waals surface area contributed by atoms with E-state index in [-0.39, 0.29) is 0 Å². The van der Waals surface area contributed by atoms with Crippen LogP contribution in [0.25, 0.3) is 0 Å². The summed E-state index contributed by atoms with van der Waals surface area (Å²) in [6.45, 7) is 4.15. The van der Waals surface area contributed by atoms with Crippen LogP contribution in [0.3, 0.4) is 0 Å². The van der Waals surface area contributed by atoms with E-state index in [0.717, 1.165) is 17.0 Å². The van der Waals surface area contributed by atoms with E-state index in [0.29, 0.717) is 18.2 Å². The molecular formula is C15H19N3O2. The lowest BCUT2D eigenvalue weighted by molar-refractivity contribution is 0.186. The molecule has 0 bridgehead atoms. The van der Waals surface area contributed by atoms with Gasteiger partial charge in [-0.05, 0) is 26.0 Å². The van der Waals surface area contributed by atoms with E-state index >= 15 is 0 Å². The van der Waals surface area contributed by atoms with Crippen molar-refractivity contribution in [2.75, 3.05) is 19.0 Å². The Morgan fingerprint density at radius 3 is 2.50 bits per heavy atom. The Bertz CT molecular complexity index is 567. The fourth-order valence-electron chi connectivity index (χ4n) is 2.04. The summed E-state index contributed by atoms with van der Waals surface area (Å²) in [5.74, 6) is 1.19. The van der Waals surface area contributed by atoms with Crippen molar-refractivity contribution < 1.29 is 9.84 Å². The summed E-state index contributed by atoms with van der Waals surface area (Å²) in [5.41, 5.74) is 2.53. The number of aromatic nitrogens is 2. The first-order valence-electron chi connectivity index (χ1n) is 6.47. The molecule has 1 atom stereocenters. The minimum absolute atomic E-state index is 0.323. The van der Waals surface area contributed by atoms with Gasteiger partial charge in [-0.15, -0.1) is 0 Å². The largest absolute Gasteiger partial charge is 0.496 e. The molecule has 2 aromatic rings. The number of benzene rings is 1. The zero-order valence-corrected chi connectivity index (χ0v) is 11.9. The van der Waals surface area contributed by atoms with Crippen LogP contribution >= 0.6 is 0 Å². The van der Waals surface area contributed by atoms with Gasteiger partial charge in [-0.1, -0.05) is 18.2 Å². The molecule has 5 heteroatoms. The standard InChI is InChI=1S/C15H19N3O2/c1-10-8-11(2)18-15(17-10)16-9-13(19)12-6-4-5-7-14(12)20-3/h4-8,13,19H,9H2,1-3H3,(H,16,17,18). The van der Waals surface area contributed by atoms with Crippen molar-refractivity contribution in [3.63, 3.8) is 0 Å². The number of para-hydroxylation sites is 1. The topological polar surface area (TPSA) is 67.3 Å². The van der Waals surface area contributed by atoms with Gasteiger partial charge in [0.05, 0.1) is 13.2 Å². The summed E-state index contributed by atoms with van der Waals surface area (Å²) < 4.78 is 5.24. The number of aliphatic hydroxyl groups excluding tert-OH is 1. The molecule has 2 N–H and O–H groups in total. The maximum Gasteiger partial charge on any atom is 0.223 e. The van der Waals surface area contributed by atoms with Crippen LogP contribution in [0.1, 0.15) is 23.1 Å². The summed E-state index contributed by atoms with van der Waals surface area (Å²) in [5, 5.41) is 13.3. The highest BCUT2D eigenvalue weighted by Gasteiger charge is 2.13. The van der Waals surface area contributed by atoms with Crippen LogP contribution in [-0.2, 0) is 0 Å². The Kier molecular flexibility index (Phi) is 4.53. The van der Waals surface area contributed by atoms with Crippen LogP contribution in [0.4, 0.5) is 5.95 Å². The first-order chi connectivity index (χ1) is 9.60. The predicted octanol–water partition coefficient (Wildman–Crippen LogP) is 2.25. The molecule has 0 spiro atoms. The number of nitrogens with zero attached hydrogens (tertiary/aromatic N) is 2. The Hall–Kier alpha value is -2.14. The van der Waals surface area contributed by atoms with Gasteiger partial charge in [0.2, 0.25) is 5.95 Å². The third kappa shape index (κ3) is 3.45. The second kappa shape index (κ2) is 6.34. The molecule has 1 heterocycles. The number of methoxy groups -OCH3 is 1. The number of nitrogens with one attached hydrogen (secondary N) is 1. The zero-order valence-electron chi connectivity index (χ0n) is 11.9. The van der Waals surface area contributed by atoms with E-state index < -0.39 is 6.10 Å². The van der Waals surface area contributed by atoms with Crippen molar-refractivity contribution in [3.8, 4) is 5.75 Å². The fourth-order valence-corrected chi connectivity index (χ4v) is 2.04. The number of hydrogen-bond acceptors (Lipinski definition) is 5. The highest BCUT2D eigenvalue weighted by molar-refractivity contribution is 5.36. The second-order valence-electron chi connectivity index (χ2n) is 4.61. The second-order valence-corrected chi connectivity index (χ2v) is 4.61. The van der Waals surface area contributed by atoms with Crippen LogP contribution < -0.4 is 10.1 Å². The molecule has 0 aliphatic rings. The Morgan fingerprint density at radius 1 is 1.20 bits per heavy atom. The number of aliphatic hydroxyl groups is 1. The molecular weight excluding hydrogens is 254 g/mol. The van der Waals surface area contributed by atoms with Gasteiger partial charge in [0.1, 0.15) is 5.75 Å². The lowest BCUT2D eigenvalue weighted by atomic mass is 10.1. The molecule has 1 aromatic heterocycles. The van der Waals surface area contributed by atoms with Gasteiger partial charge < -0.3 is 15.2 Å². The average molecular weight is 273 g/mol. The van der Waals surface area contributed by atoms with Gasteiger partial charge >= 0.3 is 0 Å². The van der Waals surface area contributed by atoms with Gasteiger partial charge in [0.25, 0.3) is 0 Å². The molecule has 5 nitrogen and oxygen atoms in total. The molecule has 0 saturated heterocycles. The Balaban J connectivity index is 2.06. The van der Waals surface area contributed by atoms with Crippen LogP contribution in [0.5, 0.6) is 5.75 Å².